The summed E-state index contributed by atoms with van der Waals surface area (Å²) in [5.41, 5.74) is -1.29. The van der Waals surface area contributed by atoms with Crippen molar-refractivity contribution in [3.05, 3.63) is 0 Å². The van der Waals surface area contributed by atoms with Crippen molar-refractivity contribution in [3.8, 4) is 0 Å². The van der Waals surface area contributed by atoms with E-state index in [1.165, 1.54) is 6.92 Å². The van der Waals surface area contributed by atoms with E-state index in [0.29, 0.717) is 19.3 Å². The largest absolute Gasteiger partial charge is 0.481 e. The Morgan fingerprint density at radius 3 is 2.05 bits per heavy atom. The van der Waals surface area contributed by atoms with E-state index in [-0.39, 0.29) is 18.0 Å². The van der Waals surface area contributed by atoms with Crippen LogP contribution in [0.2, 0.25) is 0 Å². The first kappa shape index (κ1) is 19.8. The fourth-order valence-electron chi connectivity index (χ4n) is 1.91. The molecule has 0 saturated heterocycles. The van der Waals surface area contributed by atoms with Crippen LogP contribution in [0.4, 0.5) is 0 Å². The Kier molecular flexibility index (Phi) is 7.24. The SMILES string of the molecule is CCC(C)(C)C(=O)C(CCCC(=O)O)NC(C)(C)C(C)=O. The topological polar surface area (TPSA) is 83.5 Å². The summed E-state index contributed by atoms with van der Waals surface area (Å²) >= 11 is 0. The quantitative estimate of drug-likeness (QED) is 0.648. The zero-order valence-corrected chi connectivity index (χ0v) is 14.1. The Morgan fingerprint density at radius 2 is 1.67 bits per heavy atom. The van der Waals surface area contributed by atoms with E-state index in [1.54, 1.807) is 13.8 Å². The van der Waals surface area contributed by atoms with Crippen LogP contribution in [0.1, 0.15) is 67.2 Å². The Labute approximate surface area is 127 Å². The second kappa shape index (κ2) is 7.69. The lowest BCUT2D eigenvalue weighted by molar-refractivity contribution is -0.138. The van der Waals surface area contributed by atoms with Crippen molar-refractivity contribution in [1.82, 2.24) is 5.32 Å². The number of Topliss-reactive ketones (excluding diaryl/α,β-unsaturated/α-hetero) is 2. The molecule has 0 aliphatic carbocycles. The average Bonchev–Trinajstić information content (AvgIpc) is 2.35. The third-order valence-electron chi connectivity index (χ3n) is 4.17. The van der Waals surface area contributed by atoms with E-state index in [9.17, 15) is 14.4 Å². The van der Waals surface area contributed by atoms with Crippen molar-refractivity contribution in [2.45, 2.75) is 78.8 Å². The number of carboxylic acids is 1. The molecule has 21 heavy (non-hydrogen) atoms. The van der Waals surface area contributed by atoms with Gasteiger partial charge >= 0.3 is 5.97 Å². The van der Waals surface area contributed by atoms with Crippen LogP contribution in [-0.2, 0) is 14.4 Å². The van der Waals surface area contributed by atoms with Gasteiger partial charge in [-0.15, -0.1) is 0 Å². The molecule has 1 unspecified atom stereocenters. The fourth-order valence-corrected chi connectivity index (χ4v) is 1.91. The highest BCUT2D eigenvalue weighted by Crippen LogP contribution is 2.25. The minimum Gasteiger partial charge on any atom is -0.481 e. The molecule has 0 radical (unpaired) electrons. The molecule has 0 heterocycles. The lowest BCUT2D eigenvalue weighted by Gasteiger charge is -2.33. The molecule has 0 amide bonds. The summed E-state index contributed by atoms with van der Waals surface area (Å²) in [6.45, 7) is 10.7. The summed E-state index contributed by atoms with van der Waals surface area (Å²) in [7, 11) is 0. The summed E-state index contributed by atoms with van der Waals surface area (Å²) in [5, 5.41) is 11.8. The average molecular weight is 299 g/mol. The predicted octanol–water partition coefficient (Wildman–Crippen LogP) is 2.57. The standard InChI is InChI=1S/C16H29NO4/c1-7-15(3,4)14(21)12(9-8-10-13(19)20)17-16(5,6)11(2)18/h12,17H,7-10H2,1-6H3,(H,19,20). The molecule has 0 aromatic heterocycles. The van der Waals surface area contributed by atoms with Gasteiger partial charge in [-0.05, 0) is 40.0 Å². The van der Waals surface area contributed by atoms with Gasteiger partial charge in [0, 0.05) is 11.8 Å². The molecule has 0 bridgehead atoms. The molecule has 5 heteroatoms. The van der Waals surface area contributed by atoms with Crippen molar-refractivity contribution in [2.24, 2.45) is 5.41 Å². The normalized spacial score (nSPS) is 13.8. The van der Waals surface area contributed by atoms with Crippen LogP contribution >= 0.6 is 0 Å². The number of hydrogen-bond donors (Lipinski definition) is 2. The number of rotatable bonds is 10. The summed E-state index contributed by atoms with van der Waals surface area (Å²) in [4.78, 5) is 34.9. The molecular weight excluding hydrogens is 270 g/mol. The molecule has 0 aliphatic heterocycles. The van der Waals surface area contributed by atoms with Gasteiger partial charge in [0.15, 0.2) is 5.78 Å². The minimum atomic E-state index is -0.873. The zero-order chi connectivity index (χ0) is 16.8. The first-order valence-corrected chi connectivity index (χ1v) is 7.49. The van der Waals surface area contributed by atoms with Crippen LogP contribution in [0.5, 0.6) is 0 Å². The molecule has 0 spiro atoms. The van der Waals surface area contributed by atoms with Gasteiger partial charge in [-0.25, -0.2) is 0 Å². The zero-order valence-electron chi connectivity index (χ0n) is 14.1. The molecule has 0 rings (SSSR count). The van der Waals surface area contributed by atoms with Gasteiger partial charge in [-0.1, -0.05) is 20.8 Å². The Bertz CT molecular complexity index is 399. The maximum atomic E-state index is 12.7. The van der Waals surface area contributed by atoms with E-state index in [0.717, 1.165) is 0 Å². The number of aliphatic carboxylic acids is 1. The number of nitrogens with one attached hydrogen (secondary N) is 1. The van der Waals surface area contributed by atoms with Gasteiger partial charge in [0.05, 0.1) is 11.6 Å². The van der Waals surface area contributed by atoms with Gasteiger partial charge in [0.1, 0.15) is 5.78 Å². The number of hydrogen-bond acceptors (Lipinski definition) is 4. The Balaban J connectivity index is 5.05. The molecule has 0 fully saturated rings. The predicted molar refractivity (Wildman–Crippen MR) is 82.2 cm³/mol. The van der Waals surface area contributed by atoms with Gasteiger partial charge < -0.3 is 5.11 Å². The molecular formula is C16H29NO4. The van der Waals surface area contributed by atoms with E-state index >= 15 is 0 Å². The van der Waals surface area contributed by atoms with Crippen molar-refractivity contribution in [3.63, 3.8) is 0 Å². The molecule has 122 valence electrons. The molecule has 0 saturated carbocycles. The van der Waals surface area contributed by atoms with E-state index in [1.807, 2.05) is 20.8 Å². The van der Waals surface area contributed by atoms with Crippen LogP contribution in [0.3, 0.4) is 0 Å². The monoisotopic (exact) mass is 299 g/mol. The molecule has 1 atom stereocenters. The van der Waals surface area contributed by atoms with Crippen molar-refractivity contribution in [1.29, 1.82) is 0 Å². The highest BCUT2D eigenvalue weighted by Gasteiger charge is 2.36. The number of carbonyl (C=O) groups is 3. The first-order valence-electron chi connectivity index (χ1n) is 7.49. The highest BCUT2D eigenvalue weighted by molar-refractivity contribution is 5.91. The van der Waals surface area contributed by atoms with Gasteiger partial charge in [0.2, 0.25) is 0 Å². The van der Waals surface area contributed by atoms with Crippen LogP contribution in [-0.4, -0.2) is 34.2 Å². The summed E-state index contributed by atoms with van der Waals surface area (Å²) < 4.78 is 0. The van der Waals surface area contributed by atoms with Crippen molar-refractivity contribution >= 4 is 17.5 Å². The number of carboxylic acid groups (broad SMARTS) is 1. The minimum absolute atomic E-state index is 0.0263. The first-order chi connectivity index (χ1) is 9.44. The fraction of sp³-hybridized carbons (Fsp3) is 0.812. The van der Waals surface area contributed by atoms with Crippen LogP contribution in [0.15, 0.2) is 0 Å². The van der Waals surface area contributed by atoms with Gasteiger partial charge in [-0.2, -0.15) is 0 Å². The third-order valence-corrected chi connectivity index (χ3v) is 4.17. The molecule has 0 aromatic carbocycles. The maximum absolute atomic E-state index is 12.7. The van der Waals surface area contributed by atoms with E-state index in [4.69, 9.17) is 5.11 Å². The smallest absolute Gasteiger partial charge is 0.303 e. The molecule has 0 aromatic rings. The molecule has 0 aliphatic rings. The van der Waals surface area contributed by atoms with Crippen LogP contribution < -0.4 is 5.32 Å². The second-order valence-corrected chi connectivity index (χ2v) is 6.77. The van der Waals surface area contributed by atoms with Crippen molar-refractivity contribution in [2.75, 3.05) is 0 Å². The molecule has 2 N–H and O–H groups in total. The Morgan fingerprint density at radius 1 is 1.14 bits per heavy atom. The number of carbonyl (C=O) groups excluding carboxylic acids is 2. The van der Waals surface area contributed by atoms with Crippen molar-refractivity contribution < 1.29 is 19.5 Å². The summed E-state index contributed by atoms with van der Waals surface area (Å²) in [6.07, 6.45) is 1.56. The molecule has 5 nitrogen and oxygen atoms in total. The Hall–Kier alpha value is -1.23. The maximum Gasteiger partial charge on any atom is 0.303 e. The third kappa shape index (κ3) is 6.38. The summed E-state index contributed by atoms with van der Waals surface area (Å²) in [6, 6.07) is -0.502. The van der Waals surface area contributed by atoms with E-state index in [2.05, 4.69) is 5.32 Å². The van der Waals surface area contributed by atoms with Gasteiger partial charge in [0.25, 0.3) is 0 Å². The lowest BCUT2D eigenvalue weighted by atomic mass is 9.79. The van der Waals surface area contributed by atoms with E-state index < -0.39 is 23.0 Å². The highest BCUT2D eigenvalue weighted by atomic mass is 16.4. The number of ketones is 2. The summed E-state index contributed by atoms with van der Waals surface area (Å²) in [5.74, 6) is -0.890. The van der Waals surface area contributed by atoms with Crippen LogP contribution in [0.25, 0.3) is 0 Å². The van der Waals surface area contributed by atoms with Crippen LogP contribution in [0, 0.1) is 5.41 Å². The lowest BCUT2D eigenvalue weighted by Crippen LogP contribution is -2.55. The van der Waals surface area contributed by atoms with Gasteiger partial charge in [-0.3, -0.25) is 19.7 Å². The second-order valence-electron chi connectivity index (χ2n) is 6.77.